The van der Waals surface area contributed by atoms with Gasteiger partial charge in [0.25, 0.3) is 0 Å². The molecule has 0 amide bonds. The molecule has 0 aromatic rings. The Labute approximate surface area is 86.1 Å². The number of nitrogens with one attached hydrogen (secondary N) is 1. The molecule has 2 nitrogen and oxygen atoms in total. The van der Waals surface area contributed by atoms with E-state index in [-0.39, 0.29) is 5.78 Å². The Hall–Kier alpha value is -0.890. The third kappa shape index (κ3) is 3.88. The van der Waals surface area contributed by atoms with Crippen molar-refractivity contribution in [3.8, 4) is 0 Å². The lowest BCUT2D eigenvalue weighted by atomic mass is 10.1. The number of rotatable bonds is 5. The first kappa shape index (κ1) is 11.2. The van der Waals surface area contributed by atoms with E-state index >= 15 is 0 Å². The summed E-state index contributed by atoms with van der Waals surface area (Å²) in [4.78, 5) is 11.7. The summed E-state index contributed by atoms with van der Waals surface area (Å²) >= 11 is 0. The summed E-state index contributed by atoms with van der Waals surface area (Å²) < 4.78 is 0. The van der Waals surface area contributed by atoms with Crippen LogP contribution in [0.15, 0.2) is 24.3 Å². The molecule has 0 unspecified atom stereocenters. The van der Waals surface area contributed by atoms with Crippen molar-refractivity contribution in [2.75, 3.05) is 13.1 Å². The summed E-state index contributed by atoms with van der Waals surface area (Å²) in [6.45, 7) is 4.76. The number of Topliss-reactive ketones (excluding diaryl/α,β-unsaturated/α-hetero) is 1. The van der Waals surface area contributed by atoms with Gasteiger partial charge in [0.2, 0.25) is 0 Å². The average Bonchev–Trinajstić information content (AvgIpc) is 2.46. The van der Waals surface area contributed by atoms with Crippen molar-refractivity contribution >= 4 is 5.78 Å². The van der Waals surface area contributed by atoms with Gasteiger partial charge in [-0.2, -0.15) is 0 Å². The highest BCUT2D eigenvalue weighted by Crippen LogP contribution is 2.17. The Morgan fingerprint density at radius 3 is 3.14 bits per heavy atom. The first-order valence-electron chi connectivity index (χ1n) is 5.38. The van der Waals surface area contributed by atoms with Gasteiger partial charge in [-0.05, 0) is 31.3 Å². The topological polar surface area (TPSA) is 29.1 Å². The summed E-state index contributed by atoms with van der Waals surface area (Å²) in [7, 11) is 0. The smallest absolute Gasteiger partial charge is 0.172 e. The van der Waals surface area contributed by atoms with Crippen LogP contribution in [0.4, 0.5) is 0 Å². The van der Waals surface area contributed by atoms with Crippen LogP contribution in [-0.2, 0) is 4.79 Å². The number of carbonyl (C=O) groups excluding carboxylic acids is 1. The van der Waals surface area contributed by atoms with Gasteiger partial charge in [0.05, 0.1) is 6.54 Å². The van der Waals surface area contributed by atoms with E-state index in [0.29, 0.717) is 13.1 Å². The molecule has 0 aromatic heterocycles. The highest BCUT2D eigenvalue weighted by molar-refractivity contribution is 5.96. The van der Waals surface area contributed by atoms with Gasteiger partial charge in [-0.1, -0.05) is 18.6 Å². The molecular weight excluding hydrogens is 174 g/mol. The molecule has 0 heterocycles. The van der Waals surface area contributed by atoms with Crippen molar-refractivity contribution in [1.82, 2.24) is 5.32 Å². The van der Waals surface area contributed by atoms with Crippen molar-refractivity contribution < 1.29 is 4.79 Å². The van der Waals surface area contributed by atoms with Gasteiger partial charge in [0, 0.05) is 6.54 Å². The summed E-state index contributed by atoms with van der Waals surface area (Å²) in [5.74, 6) is 0.258. The van der Waals surface area contributed by atoms with E-state index in [2.05, 4.69) is 18.0 Å². The molecule has 0 atom stereocenters. The molecule has 0 saturated carbocycles. The number of allylic oxidation sites excluding steroid dienone is 1. The third-order valence-electron chi connectivity index (χ3n) is 2.47. The largest absolute Gasteiger partial charge is 0.306 e. The van der Waals surface area contributed by atoms with Gasteiger partial charge in [-0.25, -0.2) is 0 Å². The van der Waals surface area contributed by atoms with E-state index < -0.39 is 0 Å². The summed E-state index contributed by atoms with van der Waals surface area (Å²) in [5.41, 5.74) is 1.03. The second-order valence-corrected chi connectivity index (χ2v) is 3.67. The minimum Gasteiger partial charge on any atom is -0.306 e. The second kappa shape index (κ2) is 6.55. The molecule has 1 N–H and O–H groups in total. The van der Waals surface area contributed by atoms with Gasteiger partial charge in [0.1, 0.15) is 0 Å². The maximum absolute atomic E-state index is 11.7. The van der Waals surface area contributed by atoms with Crippen LogP contribution in [0.5, 0.6) is 0 Å². The molecule has 78 valence electrons. The lowest BCUT2D eigenvalue weighted by Crippen LogP contribution is -2.24. The van der Waals surface area contributed by atoms with E-state index in [9.17, 15) is 4.79 Å². The Morgan fingerprint density at radius 2 is 2.36 bits per heavy atom. The van der Waals surface area contributed by atoms with Gasteiger partial charge in [-0.3, -0.25) is 4.79 Å². The van der Waals surface area contributed by atoms with Crippen molar-refractivity contribution in [2.45, 2.75) is 32.1 Å². The van der Waals surface area contributed by atoms with Gasteiger partial charge in [-0.15, -0.1) is 6.58 Å². The zero-order valence-electron chi connectivity index (χ0n) is 8.72. The number of hydrogen-bond donors (Lipinski definition) is 1. The van der Waals surface area contributed by atoms with Crippen LogP contribution in [0.25, 0.3) is 0 Å². The average molecular weight is 193 g/mol. The van der Waals surface area contributed by atoms with Crippen LogP contribution in [-0.4, -0.2) is 18.9 Å². The number of carbonyl (C=O) groups is 1. The molecule has 2 heteroatoms. The molecule has 1 aliphatic carbocycles. The van der Waals surface area contributed by atoms with Crippen molar-refractivity contribution in [3.63, 3.8) is 0 Å². The maximum atomic E-state index is 11.7. The zero-order chi connectivity index (χ0) is 10.2. The molecule has 0 aromatic carbocycles. The van der Waals surface area contributed by atoms with E-state index in [1.807, 2.05) is 0 Å². The van der Waals surface area contributed by atoms with Crippen molar-refractivity contribution in [3.05, 3.63) is 24.3 Å². The fourth-order valence-corrected chi connectivity index (χ4v) is 1.67. The maximum Gasteiger partial charge on any atom is 0.172 e. The molecule has 1 rings (SSSR count). The lowest BCUT2D eigenvalue weighted by Gasteiger charge is -2.04. The lowest BCUT2D eigenvalue weighted by molar-refractivity contribution is -0.114. The summed E-state index contributed by atoms with van der Waals surface area (Å²) in [6.07, 6.45) is 9.58. The molecule has 0 aliphatic heterocycles. The summed E-state index contributed by atoms with van der Waals surface area (Å²) in [6, 6.07) is 0. The Balaban J connectivity index is 2.34. The monoisotopic (exact) mass is 193 g/mol. The molecule has 0 fully saturated rings. The standard InChI is InChI=1S/C12H19NO/c1-2-9-13-10-12(14)11-7-5-3-4-6-8-11/h2,7,13H,1,3-6,8-10H2. The highest BCUT2D eigenvalue weighted by Gasteiger charge is 2.10. The van der Waals surface area contributed by atoms with E-state index in [1.165, 1.54) is 19.3 Å². The third-order valence-corrected chi connectivity index (χ3v) is 2.47. The number of hydrogen-bond acceptors (Lipinski definition) is 2. The quantitative estimate of drug-likeness (QED) is 0.536. The molecule has 0 spiro atoms. The van der Waals surface area contributed by atoms with E-state index in [0.717, 1.165) is 18.4 Å². The van der Waals surface area contributed by atoms with Crippen LogP contribution < -0.4 is 5.32 Å². The fourth-order valence-electron chi connectivity index (χ4n) is 1.67. The molecule has 14 heavy (non-hydrogen) atoms. The molecule has 0 saturated heterocycles. The predicted octanol–water partition coefficient (Wildman–Crippen LogP) is 2.22. The normalized spacial score (nSPS) is 17.0. The van der Waals surface area contributed by atoms with Crippen LogP contribution in [0.2, 0.25) is 0 Å². The van der Waals surface area contributed by atoms with Crippen LogP contribution in [0.3, 0.4) is 0 Å². The van der Waals surface area contributed by atoms with Crippen molar-refractivity contribution in [1.29, 1.82) is 0 Å². The minimum atomic E-state index is 0.258. The van der Waals surface area contributed by atoms with Crippen LogP contribution in [0.1, 0.15) is 32.1 Å². The molecule has 0 bridgehead atoms. The summed E-state index contributed by atoms with van der Waals surface area (Å²) in [5, 5.41) is 3.04. The highest BCUT2D eigenvalue weighted by atomic mass is 16.1. The second-order valence-electron chi connectivity index (χ2n) is 3.67. The Morgan fingerprint density at radius 1 is 1.50 bits per heavy atom. The Kier molecular flexibility index (Phi) is 5.23. The van der Waals surface area contributed by atoms with Crippen LogP contribution in [0, 0.1) is 0 Å². The predicted molar refractivity (Wildman–Crippen MR) is 59.2 cm³/mol. The first-order chi connectivity index (χ1) is 6.84. The zero-order valence-corrected chi connectivity index (χ0v) is 8.72. The van der Waals surface area contributed by atoms with Gasteiger partial charge < -0.3 is 5.32 Å². The SMILES string of the molecule is C=CCNCC(=O)C1=CCCCCC1. The molecule has 1 aliphatic rings. The van der Waals surface area contributed by atoms with E-state index in [4.69, 9.17) is 0 Å². The van der Waals surface area contributed by atoms with Crippen molar-refractivity contribution in [2.24, 2.45) is 0 Å². The minimum absolute atomic E-state index is 0.258. The van der Waals surface area contributed by atoms with Gasteiger partial charge in [0.15, 0.2) is 5.78 Å². The Bertz CT molecular complexity index is 230. The first-order valence-corrected chi connectivity index (χ1v) is 5.38. The van der Waals surface area contributed by atoms with Gasteiger partial charge >= 0.3 is 0 Å². The molecular formula is C12H19NO. The van der Waals surface area contributed by atoms with E-state index in [1.54, 1.807) is 6.08 Å². The fraction of sp³-hybridized carbons (Fsp3) is 0.583. The molecule has 0 radical (unpaired) electrons. The number of ketones is 1. The van der Waals surface area contributed by atoms with Crippen LogP contribution >= 0.6 is 0 Å².